The van der Waals surface area contributed by atoms with Crippen LogP contribution in [0, 0.1) is 13.8 Å². The lowest BCUT2D eigenvalue weighted by atomic mass is 10.1. The second-order valence-electron chi connectivity index (χ2n) is 4.62. The van der Waals surface area contributed by atoms with Crippen LogP contribution in [0.5, 0.6) is 0 Å². The van der Waals surface area contributed by atoms with E-state index in [1.54, 1.807) is 0 Å². The Balaban J connectivity index is 2.23. The van der Waals surface area contributed by atoms with Crippen molar-refractivity contribution in [3.8, 4) is 0 Å². The molecule has 0 aliphatic carbocycles. The van der Waals surface area contributed by atoms with E-state index in [2.05, 4.69) is 36.9 Å². The van der Waals surface area contributed by atoms with Crippen LogP contribution in [0.2, 0.25) is 0 Å². The van der Waals surface area contributed by atoms with Gasteiger partial charge in [0.1, 0.15) is 0 Å². The van der Waals surface area contributed by atoms with Gasteiger partial charge in [-0.05, 0) is 43.9 Å². The van der Waals surface area contributed by atoms with Crippen molar-refractivity contribution < 1.29 is 0 Å². The Kier molecular flexibility index (Phi) is 3.30. The van der Waals surface area contributed by atoms with E-state index in [0.29, 0.717) is 0 Å². The van der Waals surface area contributed by atoms with E-state index >= 15 is 0 Å². The molecule has 1 heterocycles. The Morgan fingerprint density at radius 3 is 2.27 bits per heavy atom. The summed E-state index contributed by atoms with van der Waals surface area (Å²) in [6.07, 6.45) is 5.52. The van der Waals surface area contributed by atoms with Gasteiger partial charge in [0, 0.05) is 18.8 Å². The zero-order chi connectivity index (χ0) is 10.7. The van der Waals surface area contributed by atoms with Crippen LogP contribution < -0.4 is 4.90 Å². The van der Waals surface area contributed by atoms with Crippen molar-refractivity contribution in [3.05, 3.63) is 29.3 Å². The first kappa shape index (κ1) is 10.5. The van der Waals surface area contributed by atoms with E-state index in [0.717, 1.165) is 0 Å². The summed E-state index contributed by atoms with van der Waals surface area (Å²) in [6.45, 7) is 6.93. The van der Waals surface area contributed by atoms with Gasteiger partial charge in [-0.25, -0.2) is 0 Å². The fraction of sp³-hybridized carbons (Fsp3) is 0.571. The van der Waals surface area contributed by atoms with E-state index in [9.17, 15) is 0 Å². The Morgan fingerprint density at radius 2 is 1.60 bits per heavy atom. The van der Waals surface area contributed by atoms with Gasteiger partial charge in [-0.15, -0.1) is 0 Å². The van der Waals surface area contributed by atoms with E-state index in [-0.39, 0.29) is 0 Å². The van der Waals surface area contributed by atoms with Crippen molar-refractivity contribution in [2.45, 2.75) is 39.5 Å². The number of rotatable bonds is 1. The highest BCUT2D eigenvalue weighted by molar-refractivity contribution is 5.55. The second kappa shape index (κ2) is 4.69. The summed E-state index contributed by atoms with van der Waals surface area (Å²) >= 11 is 0. The molecule has 0 amide bonds. The molecule has 1 saturated heterocycles. The molecule has 1 fully saturated rings. The fourth-order valence-corrected chi connectivity index (χ4v) is 2.39. The molecule has 0 unspecified atom stereocenters. The first-order valence-corrected chi connectivity index (χ1v) is 6.10. The summed E-state index contributed by atoms with van der Waals surface area (Å²) in [4.78, 5) is 2.56. The summed E-state index contributed by atoms with van der Waals surface area (Å²) < 4.78 is 0. The third-order valence-electron chi connectivity index (χ3n) is 3.52. The van der Waals surface area contributed by atoms with Crippen LogP contribution in [0.15, 0.2) is 18.2 Å². The summed E-state index contributed by atoms with van der Waals surface area (Å²) in [7, 11) is 0. The molecule has 0 bridgehead atoms. The number of aryl methyl sites for hydroxylation is 1. The lowest BCUT2D eigenvalue weighted by Gasteiger charge is -2.25. The molecule has 1 nitrogen and oxygen atoms in total. The van der Waals surface area contributed by atoms with Crippen LogP contribution in [0.25, 0.3) is 0 Å². The normalized spacial score (nSPS) is 17.6. The Bertz CT molecular complexity index is 322. The Hall–Kier alpha value is -0.980. The number of anilines is 1. The van der Waals surface area contributed by atoms with Gasteiger partial charge in [0.2, 0.25) is 0 Å². The molecule has 1 aliphatic rings. The third kappa shape index (κ3) is 2.34. The minimum atomic E-state index is 1.24. The molecule has 0 radical (unpaired) electrons. The minimum absolute atomic E-state index is 1.24. The molecule has 2 rings (SSSR count). The molecule has 0 aromatic heterocycles. The molecule has 82 valence electrons. The maximum atomic E-state index is 2.56. The van der Waals surface area contributed by atoms with Crippen LogP contribution in [-0.4, -0.2) is 13.1 Å². The van der Waals surface area contributed by atoms with Crippen LogP contribution in [0.4, 0.5) is 5.69 Å². The molecular formula is C14H21N. The lowest BCUT2D eigenvalue weighted by Crippen LogP contribution is -2.24. The minimum Gasteiger partial charge on any atom is -0.371 e. The molecule has 1 aromatic carbocycles. The van der Waals surface area contributed by atoms with Gasteiger partial charge in [0.25, 0.3) is 0 Å². The monoisotopic (exact) mass is 203 g/mol. The first-order chi connectivity index (χ1) is 7.29. The zero-order valence-corrected chi connectivity index (χ0v) is 9.92. The van der Waals surface area contributed by atoms with Gasteiger partial charge in [0.15, 0.2) is 0 Å². The highest BCUT2D eigenvalue weighted by Crippen LogP contribution is 2.25. The van der Waals surface area contributed by atoms with E-state index in [4.69, 9.17) is 0 Å². The van der Waals surface area contributed by atoms with E-state index in [1.807, 2.05) is 0 Å². The van der Waals surface area contributed by atoms with Crippen molar-refractivity contribution in [1.29, 1.82) is 0 Å². The largest absolute Gasteiger partial charge is 0.371 e. The Morgan fingerprint density at radius 1 is 0.933 bits per heavy atom. The highest BCUT2D eigenvalue weighted by atomic mass is 15.1. The molecule has 1 aliphatic heterocycles. The molecule has 1 heteroatoms. The van der Waals surface area contributed by atoms with Crippen molar-refractivity contribution in [3.63, 3.8) is 0 Å². The van der Waals surface area contributed by atoms with Crippen molar-refractivity contribution >= 4 is 5.69 Å². The summed E-state index contributed by atoms with van der Waals surface area (Å²) in [5.74, 6) is 0. The fourth-order valence-electron chi connectivity index (χ4n) is 2.39. The van der Waals surface area contributed by atoms with E-state index < -0.39 is 0 Å². The molecule has 15 heavy (non-hydrogen) atoms. The van der Waals surface area contributed by atoms with Gasteiger partial charge in [-0.1, -0.05) is 25.0 Å². The standard InChI is InChI=1S/C14H21N/c1-12-8-7-9-14(13(12)2)15-10-5-3-4-6-11-15/h7-9H,3-6,10-11H2,1-2H3. The quantitative estimate of drug-likeness (QED) is 0.673. The second-order valence-corrected chi connectivity index (χ2v) is 4.62. The molecular weight excluding hydrogens is 182 g/mol. The predicted molar refractivity (Wildman–Crippen MR) is 66.6 cm³/mol. The SMILES string of the molecule is Cc1cccc(N2CCCCCC2)c1C. The van der Waals surface area contributed by atoms with Gasteiger partial charge in [-0.2, -0.15) is 0 Å². The number of benzene rings is 1. The first-order valence-electron chi connectivity index (χ1n) is 6.10. The molecule has 0 saturated carbocycles. The average Bonchev–Trinajstić information content (AvgIpc) is 2.50. The number of hydrogen-bond donors (Lipinski definition) is 0. The molecule has 0 N–H and O–H groups in total. The van der Waals surface area contributed by atoms with Gasteiger partial charge < -0.3 is 4.90 Å². The Labute approximate surface area is 93.1 Å². The van der Waals surface area contributed by atoms with Gasteiger partial charge in [0.05, 0.1) is 0 Å². The number of hydrogen-bond acceptors (Lipinski definition) is 1. The lowest BCUT2D eigenvalue weighted by molar-refractivity contribution is 0.726. The van der Waals surface area contributed by atoms with Crippen LogP contribution in [0.1, 0.15) is 36.8 Å². The zero-order valence-electron chi connectivity index (χ0n) is 9.92. The van der Waals surface area contributed by atoms with Crippen molar-refractivity contribution in [2.24, 2.45) is 0 Å². The van der Waals surface area contributed by atoms with E-state index in [1.165, 1.54) is 55.6 Å². The summed E-state index contributed by atoms with van der Waals surface area (Å²) in [5, 5.41) is 0. The molecule has 1 aromatic rings. The van der Waals surface area contributed by atoms with Gasteiger partial charge in [-0.3, -0.25) is 0 Å². The highest BCUT2D eigenvalue weighted by Gasteiger charge is 2.12. The van der Waals surface area contributed by atoms with Crippen molar-refractivity contribution in [1.82, 2.24) is 0 Å². The average molecular weight is 203 g/mol. The summed E-state index contributed by atoms with van der Waals surface area (Å²) in [5.41, 5.74) is 4.33. The van der Waals surface area contributed by atoms with Crippen LogP contribution >= 0.6 is 0 Å². The topological polar surface area (TPSA) is 3.24 Å². The maximum Gasteiger partial charge on any atom is 0.0398 e. The smallest absolute Gasteiger partial charge is 0.0398 e. The third-order valence-corrected chi connectivity index (χ3v) is 3.52. The molecule has 0 atom stereocenters. The molecule has 0 spiro atoms. The van der Waals surface area contributed by atoms with Crippen LogP contribution in [-0.2, 0) is 0 Å². The maximum absolute atomic E-state index is 2.56. The van der Waals surface area contributed by atoms with Crippen molar-refractivity contribution in [2.75, 3.05) is 18.0 Å². The number of nitrogens with zero attached hydrogens (tertiary/aromatic N) is 1. The van der Waals surface area contributed by atoms with Crippen LogP contribution in [0.3, 0.4) is 0 Å². The predicted octanol–water partition coefficient (Wildman–Crippen LogP) is 3.68. The summed E-state index contributed by atoms with van der Waals surface area (Å²) in [6, 6.07) is 6.66. The van der Waals surface area contributed by atoms with Gasteiger partial charge >= 0.3 is 0 Å².